The van der Waals surface area contributed by atoms with E-state index in [0.29, 0.717) is 11.4 Å². The molecule has 1 saturated carbocycles. The lowest BCUT2D eigenvalue weighted by Crippen LogP contribution is -2.40. The zero-order chi connectivity index (χ0) is 10.7. The van der Waals surface area contributed by atoms with Crippen molar-refractivity contribution in [2.45, 2.75) is 43.6 Å². The molecule has 1 aromatic heterocycles. The highest BCUT2D eigenvalue weighted by molar-refractivity contribution is 7.09. The van der Waals surface area contributed by atoms with Crippen molar-refractivity contribution in [3.05, 3.63) is 22.4 Å². The molecular formula is C12H18ClNS. The highest BCUT2D eigenvalue weighted by Crippen LogP contribution is 2.27. The summed E-state index contributed by atoms with van der Waals surface area (Å²) < 4.78 is 0. The Balaban J connectivity index is 1.91. The van der Waals surface area contributed by atoms with Crippen LogP contribution in [0.2, 0.25) is 0 Å². The van der Waals surface area contributed by atoms with E-state index in [0.717, 1.165) is 6.54 Å². The molecule has 0 aliphatic heterocycles. The van der Waals surface area contributed by atoms with Crippen molar-refractivity contribution in [2.24, 2.45) is 0 Å². The second kappa shape index (κ2) is 5.33. The Morgan fingerprint density at radius 3 is 2.93 bits per heavy atom. The third kappa shape index (κ3) is 2.96. The van der Waals surface area contributed by atoms with Crippen molar-refractivity contribution >= 4 is 22.9 Å². The van der Waals surface area contributed by atoms with Gasteiger partial charge < -0.3 is 0 Å². The van der Waals surface area contributed by atoms with Crippen LogP contribution in [0.4, 0.5) is 0 Å². The minimum Gasteiger partial charge on any atom is -0.297 e. The van der Waals surface area contributed by atoms with Crippen molar-refractivity contribution in [1.29, 1.82) is 0 Å². The summed E-state index contributed by atoms with van der Waals surface area (Å²) >= 11 is 8.21. The molecule has 0 aromatic carbocycles. The van der Waals surface area contributed by atoms with E-state index < -0.39 is 0 Å². The molecular weight excluding hydrogens is 226 g/mol. The van der Waals surface area contributed by atoms with Gasteiger partial charge in [-0.2, -0.15) is 0 Å². The van der Waals surface area contributed by atoms with Gasteiger partial charge in [-0.05, 0) is 31.3 Å². The van der Waals surface area contributed by atoms with Gasteiger partial charge in [0, 0.05) is 22.8 Å². The van der Waals surface area contributed by atoms with Gasteiger partial charge in [0.05, 0.1) is 0 Å². The zero-order valence-corrected chi connectivity index (χ0v) is 10.7. The highest BCUT2D eigenvalue weighted by atomic mass is 35.5. The van der Waals surface area contributed by atoms with Gasteiger partial charge in [-0.25, -0.2) is 0 Å². The Bertz CT molecular complexity index is 286. The first-order valence-corrected chi connectivity index (χ1v) is 6.95. The van der Waals surface area contributed by atoms with Gasteiger partial charge in [0.2, 0.25) is 0 Å². The molecule has 1 fully saturated rings. The van der Waals surface area contributed by atoms with Crippen LogP contribution in [0.15, 0.2) is 17.5 Å². The smallest absolute Gasteiger partial charge is 0.0491 e. The topological polar surface area (TPSA) is 3.24 Å². The molecule has 1 nitrogen and oxygen atoms in total. The monoisotopic (exact) mass is 243 g/mol. The quantitative estimate of drug-likeness (QED) is 0.732. The normalized spacial score (nSPS) is 27.1. The summed E-state index contributed by atoms with van der Waals surface area (Å²) in [4.78, 5) is 3.86. The molecule has 0 bridgehead atoms. The van der Waals surface area contributed by atoms with E-state index in [9.17, 15) is 0 Å². The number of rotatable bonds is 3. The van der Waals surface area contributed by atoms with Crippen LogP contribution < -0.4 is 0 Å². The van der Waals surface area contributed by atoms with Crippen LogP contribution in [0.1, 0.15) is 30.6 Å². The standard InChI is InChI=1S/C12H18ClNS/c1-14(9-10-5-4-8-15-10)12-7-3-2-6-11(12)13/h4-5,8,11-12H,2-3,6-7,9H2,1H3. The first-order chi connectivity index (χ1) is 7.27. The summed E-state index contributed by atoms with van der Waals surface area (Å²) in [6.07, 6.45) is 5.08. The van der Waals surface area contributed by atoms with E-state index >= 15 is 0 Å². The molecule has 0 saturated heterocycles. The molecule has 2 rings (SSSR count). The van der Waals surface area contributed by atoms with E-state index in [2.05, 4.69) is 29.5 Å². The maximum Gasteiger partial charge on any atom is 0.0491 e. The minimum absolute atomic E-state index is 0.351. The van der Waals surface area contributed by atoms with Crippen molar-refractivity contribution in [3.8, 4) is 0 Å². The third-order valence-electron chi connectivity index (χ3n) is 3.20. The molecule has 0 N–H and O–H groups in total. The van der Waals surface area contributed by atoms with Gasteiger partial charge in [0.15, 0.2) is 0 Å². The van der Waals surface area contributed by atoms with Crippen molar-refractivity contribution in [3.63, 3.8) is 0 Å². The molecule has 15 heavy (non-hydrogen) atoms. The van der Waals surface area contributed by atoms with Crippen molar-refractivity contribution in [2.75, 3.05) is 7.05 Å². The molecule has 3 heteroatoms. The summed E-state index contributed by atoms with van der Waals surface area (Å²) in [5.74, 6) is 0. The fraction of sp³-hybridized carbons (Fsp3) is 0.667. The van der Waals surface area contributed by atoms with Crippen molar-refractivity contribution < 1.29 is 0 Å². The molecule has 0 amide bonds. The maximum absolute atomic E-state index is 6.38. The summed E-state index contributed by atoms with van der Waals surface area (Å²) in [6, 6.07) is 4.89. The zero-order valence-electron chi connectivity index (χ0n) is 9.16. The lowest BCUT2D eigenvalue weighted by Gasteiger charge is -2.34. The Kier molecular flexibility index (Phi) is 4.06. The molecule has 2 unspecified atom stereocenters. The SMILES string of the molecule is CN(Cc1cccs1)C1CCCCC1Cl. The Labute approximate surface area is 101 Å². The van der Waals surface area contributed by atoms with Crippen LogP contribution >= 0.6 is 22.9 Å². The molecule has 1 aliphatic carbocycles. The molecule has 1 heterocycles. The van der Waals surface area contributed by atoms with Gasteiger partial charge >= 0.3 is 0 Å². The predicted octanol–water partition coefficient (Wildman–Crippen LogP) is 3.73. The summed E-state index contributed by atoms with van der Waals surface area (Å²) in [5, 5.41) is 2.49. The molecule has 84 valence electrons. The van der Waals surface area contributed by atoms with Crippen LogP contribution in [0.25, 0.3) is 0 Å². The second-order valence-electron chi connectivity index (χ2n) is 4.36. The minimum atomic E-state index is 0.351. The average molecular weight is 244 g/mol. The number of thiophene rings is 1. The summed E-state index contributed by atoms with van der Waals surface area (Å²) in [6.45, 7) is 1.05. The first-order valence-electron chi connectivity index (χ1n) is 5.64. The Hall–Kier alpha value is -0.0500. The van der Waals surface area contributed by atoms with Gasteiger partial charge in [0.25, 0.3) is 0 Å². The highest BCUT2D eigenvalue weighted by Gasteiger charge is 2.26. The molecule has 0 radical (unpaired) electrons. The third-order valence-corrected chi connectivity index (χ3v) is 4.57. The van der Waals surface area contributed by atoms with E-state index in [1.54, 1.807) is 0 Å². The number of hydrogen-bond donors (Lipinski definition) is 0. The fourth-order valence-corrected chi connectivity index (χ4v) is 3.57. The molecule has 1 aliphatic rings. The molecule has 2 atom stereocenters. The van der Waals surface area contributed by atoms with Crippen LogP contribution in [0.5, 0.6) is 0 Å². The van der Waals surface area contributed by atoms with E-state index in [1.807, 2.05) is 11.3 Å². The summed E-state index contributed by atoms with van der Waals surface area (Å²) in [5.41, 5.74) is 0. The number of alkyl halides is 1. The average Bonchev–Trinajstić information content (AvgIpc) is 2.71. The number of nitrogens with zero attached hydrogens (tertiary/aromatic N) is 1. The molecule has 1 aromatic rings. The van der Waals surface area contributed by atoms with E-state index in [4.69, 9.17) is 11.6 Å². The van der Waals surface area contributed by atoms with Gasteiger partial charge in [-0.3, -0.25) is 4.90 Å². The Morgan fingerprint density at radius 2 is 2.27 bits per heavy atom. The lowest BCUT2D eigenvalue weighted by molar-refractivity contribution is 0.190. The molecule has 0 spiro atoms. The number of halogens is 1. The largest absolute Gasteiger partial charge is 0.297 e. The van der Waals surface area contributed by atoms with Gasteiger partial charge in [-0.15, -0.1) is 22.9 Å². The number of hydrogen-bond acceptors (Lipinski definition) is 2. The van der Waals surface area contributed by atoms with E-state index in [-0.39, 0.29) is 0 Å². The Morgan fingerprint density at radius 1 is 1.47 bits per heavy atom. The van der Waals surface area contributed by atoms with Crippen LogP contribution in [0.3, 0.4) is 0 Å². The summed E-state index contributed by atoms with van der Waals surface area (Å²) in [7, 11) is 2.20. The van der Waals surface area contributed by atoms with Crippen LogP contribution in [0, 0.1) is 0 Å². The second-order valence-corrected chi connectivity index (χ2v) is 5.96. The first kappa shape index (κ1) is 11.4. The maximum atomic E-state index is 6.38. The van der Waals surface area contributed by atoms with Crippen molar-refractivity contribution in [1.82, 2.24) is 4.90 Å². The van der Waals surface area contributed by atoms with Crippen LogP contribution in [-0.2, 0) is 6.54 Å². The lowest BCUT2D eigenvalue weighted by atomic mass is 9.94. The van der Waals surface area contributed by atoms with Crippen LogP contribution in [-0.4, -0.2) is 23.4 Å². The van der Waals surface area contributed by atoms with Gasteiger partial charge in [0.1, 0.15) is 0 Å². The van der Waals surface area contributed by atoms with E-state index in [1.165, 1.54) is 30.6 Å². The fourth-order valence-electron chi connectivity index (χ4n) is 2.33. The predicted molar refractivity (Wildman–Crippen MR) is 67.7 cm³/mol. The van der Waals surface area contributed by atoms with Gasteiger partial charge in [-0.1, -0.05) is 18.9 Å².